The van der Waals surface area contributed by atoms with Gasteiger partial charge in [0.25, 0.3) is 5.91 Å². The molecular formula is C18H18N2O5S3. The van der Waals surface area contributed by atoms with E-state index in [0.29, 0.717) is 10.7 Å². The molecule has 2 amide bonds. The maximum Gasteiger partial charge on any atom is 0.266 e. The van der Waals surface area contributed by atoms with Crippen LogP contribution in [0.3, 0.4) is 0 Å². The van der Waals surface area contributed by atoms with Gasteiger partial charge in [0.05, 0.1) is 23.8 Å². The van der Waals surface area contributed by atoms with Gasteiger partial charge in [-0.05, 0) is 25.1 Å². The van der Waals surface area contributed by atoms with E-state index in [2.05, 4.69) is 5.32 Å². The fourth-order valence-electron chi connectivity index (χ4n) is 2.83. The average molecular weight is 439 g/mol. The summed E-state index contributed by atoms with van der Waals surface area (Å²) in [7, 11) is -1.74. The molecular weight excluding hydrogens is 420 g/mol. The van der Waals surface area contributed by atoms with E-state index in [1.165, 1.54) is 11.0 Å². The van der Waals surface area contributed by atoms with Crippen molar-refractivity contribution >= 4 is 56.0 Å². The molecule has 1 fully saturated rings. The minimum atomic E-state index is -3.28. The summed E-state index contributed by atoms with van der Waals surface area (Å²) >= 11 is 6.40. The van der Waals surface area contributed by atoms with Crippen molar-refractivity contribution in [2.45, 2.75) is 19.0 Å². The van der Waals surface area contributed by atoms with Gasteiger partial charge in [0.1, 0.15) is 16.1 Å². The predicted octanol–water partition coefficient (Wildman–Crippen LogP) is 1.71. The van der Waals surface area contributed by atoms with E-state index in [9.17, 15) is 18.0 Å². The first-order valence-electron chi connectivity index (χ1n) is 8.33. The molecule has 0 bridgehead atoms. The summed E-state index contributed by atoms with van der Waals surface area (Å²) in [5.41, 5.74) is 0.726. The van der Waals surface area contributed by atoms with Gasteiger partial charge in [-0.2, -0.15) is 0 Å². The third kappa shape index (κ3) is 4.29. The molecule has 0 saturated carbocycles. The number of thioether (sulfide) groups is 1. The smallest absolute Gasteiger partial charge is 0.266 e. The van der Waals surface area contributed by atoms with Crippen molar-refractivity contribution in [3.63, 3.8) is 0 Å². The Labute approximate surface area is 172 Å². The van der Waals surface area contributed by atoms with Gasteiger partial charge in [0.2, 0.25) is 5.91 Å². The maximum absolute atomic E-state index is 12.8. The van der Waals surface area contributed by atoms with Crippen molar-refractivity contribution in [1.29, 1.82) is 0 Å². The van der Waals surface area contributed by atoms with Crippen molar-refractivity contribution in [1.82, 2.24) is 10.2 Å². The van der Waals surface area contributed by atoms with Gasteiger partial charge in [0, 0.05) is 11.0 Å². The number of sulfone groups is 1. The van der Waals surface area contributed by atoms with Crippen molar-refractivity contribution in [2.24, 2.45) is 0 Å². The molecule has 2 aliphatic rings. The fraction of sp³-hybridized carbons (Fsp3) is 0.278. The van der Waals surface area contributed by atoms with Gasteiger partial charge in [0.15, 0.2) is 9.84 Å². The lowest BCUT2D eigenvalue weighted by atomic mass is 10.1. The van der Waals surface area contributed by atoms with Crippen LogP contribution in [0.15, 0.2) is 40.7 Å². The number of benzene rings is 1. The second-order valence-electron chi connectivity index (χ2n) is 6.24. The topological polar surface area (TPSA) is 92.8 Å². The number of methoxy groups -OCH3 is 1. The fourth-order valence-corrected chi connectivity index (χ4v) is 5.47. The van der Waals surface area contributed by atoms with Crippen LogP contribution in [-0.2, 0) is 19.4 Å². The van der Waals surface area contributed by atoms with Gasteiger partial charge >= 0.3 is 0 Å². The summed E-state index contributed by atoms with van der Waals surface area (Å²) in [5, 5.41) is 3.71. The Morgan fingerprint density at radius 2 is 2.14 bits per heavy atom. The number of ether oxygens (including phenoxy) is 1. The number of carbonyl (C=O) groups excluding carboxylic acids is 2. The summed E-state index contributed by atoms with van der Waals surface area (Å²) in [6.45, 7) is 1.55. The van der Waals surface area contributed by atoms with E-state index >= 15 is 0 Å². The number of amides is 2. The van der Waals surface area contributed by atoms with Gasteiger partial charge in [-0.3, -0.25) is 14.5 Å². The zero-order chi connectivity index (χ0) is 20.5. The van der Waals surface area contributed by atoms with Crippen LogP contribution in [0.25, 0.3) is 6.08 Å². The molecule has 2 heterocycles. The van der Waals surface area contributed by atoms with Crippen molar-refractivity contribution in [2.75, 3.05) is 12.9 Å². The van der Waals surface area contributed by atoms with Crippen LogP contribution in [0.2, 0.25) is 0 Å². The average Bonchev–Trinajstić information content (AvgIpc) is 3.13. The molecule has 7 nitrogen and oxygen atoms in total. The highest BCUT2D eigenvalue weighted by Crippen LogP contribution is 2.35. The molecule has 28 heavy (non-hydrogen) atoms. The Kier molecular flexibility index (Phi) is 5.92. The number of rotatable bonds is 5. The molecule has 1 N–H and O–H groups in total. The molecule has 1 aromatic carbocycles. The number of carbonyl (C=O) groups is 2. The van der Waals surface area contributed by atoms with Crippen LogP contribution >= 0.6 is 24.0 Å². The maximum atomic E-state index is 12.8. The predicted molar refractivity (Wildman–Crippen MR) is 112 cm³/mol. The molecule has 0 aliphatic carbocycles. The third-order valence-electron chi connectivity index (χ3n) is 4.27. The highest BCUT2D eigenvalue weighted by molar-refractivity contribution is 8.26. The minimum Gasteiger partial charge on any atom is -0.496 e. The Hall–Kier alpha value is -2.17. The number of nitrogens with zero attached hydrogens (tertiary/aromatic N) is 1. The first kappa shape index (κ1) is 20.6. The third-order valence-corrected chi connectivity index (χ3v) is 7.00. The van der Waals surface area contributed by atoms with Crippen molar-refractivity contribution < 1.29 is 22.7 Å². The number of hydrogen-bond acceptors (Lipinski definition) is 7. The molecule has 0 radical (unpaired) electrons. The van der Waals surface area contributed by atoms with E-state index in [-0.39, 0.29) is 16.0 Å². The van der Waals surface area contributed by atoms with Crippen LogP contribution in [0.5, 0.6) is 5.75 Å². The minimum absolute atomic E-state index is 0.183. The Morgan fingerprint density at radius 3 is 2.79 bits per heavy atom. The van der Waals surface area contributed by atoms with Gasteiger partial charge in [-0.15, -0.1) is 0 Å². The summed E-state index contributed by atoms with van der Waals surface area (Å²) in [4.78, 5) is 27.0. The molecule has 1 saturated heterocycles. The van der Waals surface area contributed by atoms with Crippen molar-refractivity contribution in [3.8, 4) is 5.75 Å². The van der Waals surface area contributed by atoms with E-state index in [1.807, 2.05) is 18.2 Å². The summed E-state index contributed by atoms with van der Waals surface area (Å²) in [6, 6.07) is 5.77. The van der Waals surface area contributed by atoms with E-state index in [0.717, 1.165) is 22.7 Å². The first-order chi connectivity index (χ1) is 13.2. The molecule has 3 rings (SSSR count). The van der Waals surface area contributed by atoms with Crippen LogP contribution in [0.4, 0.5) is 0 Å². The van der Waals surface area contributed by atoms with Gasteiger partial charge < -0.3 is 10.1 Å². The lowest BCUT2D eigenvalue weighted by Gasteiger charge is -2.23. The summed E-state index contributed by atoms with van der Waals surface area (Å²) in [6.07, 6.45) is 3.10. The second kappa shape index (κ2) is 8.06. The number of para-hydroxylation sites is 1. The van der Waals surface area contributed by atoms with Crippen molar-refractivity contribution in [3.05, 3.63) is 46.2 Å². The molecule has 2 aliphatic heterocycles. The van der Waals surface area contributed by atoms with E-state index in [1.54, 1.807) is 26.2 Å². The van der Waals surface area contributed by atoms with E-state index < -0.39 is 27.8 Å². The molecule has 148 valence electrons. The largest absolute Gasteiger partial charge is 0.496 e. The summed E-state index contributed by atoms with van der Waals surface area (Å²) < 4.78 is 28.5. The van der Waals surface area contributed by atoms with Crippen LogP contribution in [0.1, 0.15) is 12.5 Å². The van der Waals surface area contributed by atoms with Gasteiger partial charge in [-0.25, -0.2) is 8.42 Å². The van der Waals surface area contributed by atoms with Gasteiger partial charge in [-0.1, -0.05) is 42.2 Å². The highest BCUT2D eigenvalue weighted by Gasteiger charge is 2.39. The molecule has 1 aromatic rings. The zero-order valence-electron chi connectivity index (χ0n) is 15.1. The SMILES string of the molecule is COc1ccccc1/C=C1\SC(=S)N([C@@H](C)C(=O)N[C@@H]2C=CS(=O)(=O)C2)C1=O. The Morgan fingerprint density at radius 1 is 1.43 bits per heavy atom. The van der Waals surface area contributed by atoms with Crippen LogP contribution in [-0.4, -0.2) is 54.4 Å². The second-order valence-corrected chi connectivity index (χ2v) is 9.85. The summed E-state index contributed by atoms with van der Waals surface area (Å²) in [5.74, 6) is -0.412. The standard InChI is InChI=1S/C18H18N2O5S3/c1-11(16(21)19-13-7-8-28(23,24)10-13)20-17(22)15(27-18(20)26)9-12-5-3-4-6-14(12)25-2/h3-9,11,13H,10H2,1-2H3,(H,19,21)/b15-9-/t11-,13+/m0/s1. The van der Waals surface area contributed by atoms with Crippen LogP contribution < -0.4 is 10.1 Å². The molecule has 0 spiro atoms. The highest BCUT2D eigenvalue weighted by atomic mass is 32.2. The monoisotopic (exact) mass is 438 g/mol. The molecule has 10 heteroatoms. The van der Waals surface area contributed by atoms with E-state index in [4.69, 9.17) is 17.0 Å². The number of thiocarbonyl (C=S) groups is 1. The Balaban J connectivity index is 1.75. The zero-order valence-corrected chi connectivity index (χ0v) is 17.6. The first-order valence-corrected chi connectivity index (χ1v) is 11.3. The molecule has 0 aromatic heterocycles. The normalized spacial score (nSPS) is 23.3. The number of nitrogens with one attached hydrogen (secondary N) is 1. The van der Waals surface area contributed by atoms with Crippen LogP contribution in [0, 0.1) is 0 Å². The quantitative estimate of drug-likeness (QED) is 0.553. The lowest BCUT2D eigenvalue weighted by Crippen LogP contribution is -2.49. The Bertz CT molecular complexity index is 1000. The molecule has 0 unspecified atom stereocenters. The molecule has 2 atom stereocenters. The lowest BCUT2D eigenvalue weighted by molar-refractivity contribution is -0.132. The number of hydrogen-bond donors (Lipinski definition) is 1.